The highest BCUT2D eigenvalue weighted by molar-refractivity contribution is 5.92. The molecule has 1 aliphatic heterocycles. The van der Waals surface area contributed by atoms with Crippen molar-refractivity contribution in [1.29, 1.82) is 0 Å². The summed E-state index contributed by atoms with van der Waals surface area (Å²) < 4.78 is 0. The van der Waals surface area contributed by atoms with Gasteiger partial charge in [0, 0.05) is 13.1 Å². The molecule has 0 unspecified atom stereocenters. The molecular weight excluding hydrogens is 299 g/mol. The molecule has 1 fully saturated rings. The van der Waals surface area contributed by atoms with E-state index in [0.717, 1.165) is 24.6 Å². The van der Waals surface area contributed by atoms with Crippen LogP contribution < -0.4 is 15.5 Å². The monoisotopic (exact) mass is 320 g/mol. The first kappa shape index (κ1) is 19.0. The maximum atomic E-state index is 11.4. The van der Waals surface area contributed by atoms with Crippen LogP contribution in [0.2, 0.25) is 0 Å². The summed E-state index contributed by atoms with van der Waals surface area (Å²) in [6, 6.07) is 3.88. The molecule has 7 heteroatoms. The van der Waals surface area contributed by atoms with Gasteiger partial charge in [-0.1, -0.05) is 0 Å². The average Bonchev–Trinajstić information content (AvgIpc) is 2.41. The summed E-state index contributed by atoms with van der Waals surface area (Å²) in [6.45, 7) is 2.48. The maximum Gasteiger partial charge on any atom is 0.238 e. The quantitative estimate of drug-likeness (QED) is 0.891. The molecule has 2 heterocycles. The molecule has 0 saturated carbocycles. The zero-order chi connectivity index (χ0) is 12.8. The van der Waals surface area contributed by atoms with Gasteiger partial charge in [-0.15, -0.1) is 24.8 Å². The molecule has 1 aromatic rings. The van der Waals surface area contributed by atoms with Gasteiger partial charge in [-0.25, -0.2) is 4.98 Å². The molecule has 1 saturated heterocycles. The number of aromatic nitrogens is 1. The van der Waals surface area contributed by atoms with Gasteiger partial charge >= 0.3 is 0 Å². The minimum absolute atomic E-state index is 0. The molecule has 2 N–H and O–H groups in total. The zero-order valence-corrected chi connectivity index (χ0v) is 13.2. The van der Waals surface area contributed by atoms with E-state index in [-0.39, 0.29) is 30.7 Å². The number of pyridine rings is 1. The van der Waals surface area contributed by atoms with Crippen LogP contribution >= 0.6 is 24.8 Å². The summed E-state index contributed by atoms with van der Waals surface area (Å²) in [6.07, 6.45) is 5.51. The van der Waals surface area contributed by atoms with Gasteiger partial charge in [-0.3, -0.25) is 4.79 Å². The van der Waals surface area contributed by atoms with Crippen molar-refractivity contribution in [3.05, 3.63) is 18.3 Å². The molecule has 0 aliphatic carbocycles. The van der Waals surface area contributed by atoms with Crippen LogP contribution in [0.3, 0.4) is 0 Å². The van der Waals surface area contributed by atoms with Crippen molar-refractivity contribution in [1.82, 2.24) is 10.3 Å². The second-order valence-corrected chi connectivity index (χ2v) is 4.53. The Kier molecular flexibility index (Phi) is 9.29. The highest BCUT2D eigenvalue weighted by Gasteiger charge is 2.11. The number of rotatable bonds is 4. The lowest BCUT2D eigenvalue weighted by atomic mass is 10.1. The zero-order valence-electron chi connectivity index (χ0n) is 11.6. The van der Waals surface area contributed by atoms with E-state index in [2.05, 4.69) is 20.5 Å². The fraction of sp³-hybridized carbons (Fsp3) is 0.538. The van der Waals surface area contributed by atoms with Gasteiger partial charge in [-0.05, 0) is 38.4 Å². The van der Waals surface area contributed by atoms with Crippen molar-refractivity contribution in [3.63, 3.8) is 0 Å². The van der Waals surface area contributed by atoms with Gasteiger partial charge in [0.1, 0.15) is 5.82 Å². The van der Waals surface area contributed by atoms with Crippen molar-refractivity contribution >= 4 is 42.2 Å². The van der Waals surface area contributed by atoms with Crippen molar-refractivity contribution in [2.75, 3.05) is 36.9 Å². The van der Waals surface area contributed by atoms with Gasteiger partial charge < -0.3 is 15.5 Å². The fourth-order valence-corrected chi connectivity index (χ4v) is 2.14. The topological polar surface area (TPSA) is 57.3 Å². The lowest BCUT2D eigenvalue weighted by Gasteiger charge is -2.27. The Balaban J connectivity index is 0.00000180. The van der Waals surface area contributed by atoms with Gasteiger partial charge in [0.15, 0.2) is 0 Å². The summed E-state index contributed by atoms with van der Waals surface area (Å²) in [5, 5.41) is 5.60. The van der Waals surface area contributed by atoms with Crippen molar-refractivity contribution in [3.8, 4) is 0 Å². The number of carbonyl (C=O) groups excluding carboxylic acids is 1. The van der Waals surface area contributed by atoms with Crippen molar-refractivity contribution in [2.45, 2.75) is 19.3 Å². The lowest BCUT2D eigenvalue weighted by molar-refractivity contribution is -0.115. The second kappa shape index (κ2) is 9.80. The first-order valence-electron chi connectivity index (χ1n) is 6.45. The highest BCUT2D eigenvalue weighted by atomic mass is 35.5. The largest absolute Gasteiger partial charge is 0.357 e. The van der Waals surface area contributed by atoms with E-state index < -0.39 is 0 Å². The normalized spacial score (nSPS) is 13.9. The molecule has 5 nitrogen and oxygen atoms in total. The van der Waals surface area contributed by atoms with E-state index in [1.807, 2.05) is 12.1 Å². The number of hydrogen-bond acceptors (Lipinski definition) is 4. The van der Waals surface area contributed by atoms with E-state index >= 15 is 0 Å². The molecule has 0 spiro atoms. The number of hydrogen-bond donors (Lipinski definition) is 2. The van der Waals surface area contributed by atoms with E-state index in [1.54, 1.807) is 13.2 Å². The van der Waals surface area contributed by atoms with Gasteiger partial charge in [0.05, 0.1) is 18.4 Å². The van der Waals surface area contributed by atoms with Gasteiger partial charge in [0.2, 0.25) is 5.91 Å². The summed E-state index contributed by atoms with van der Waals surface area (Å²) in [5.74, 6) is 0.950. The van der Waals surface area contributed by atoms with Gasteiger partial charge in [-0.2, -0.15) is 0 Å². The third kappa shape index (κ3) is 5.53. The van der Waals surface area contributed by atoms with E-state index in [0.29, 0.717) is 6.54 Å². The molecule has 1 aromatic heterocycles. The van der Waals surface area contributed by atoms with Crippen LogP contribution in [0.25, 0.3) is 0 Å². The first-order chi connectivity index (χ1) is 8.79. The van der Waals surface area contributed by atoms with Crippen LogP contribution in [-0.2, 0) is 4.79 Å². The molecule has 20 heavy (non-hydrogen) atoms. The fourth-order valence-electron chi connectivity index (χ4n) is 2.14. The number of likely N-dealkylation sites (N-methyl/N-ethyl adjacent to an activating group) is 1. The SMILES string of the molecule is CNCC(=O)Nc1ccc(N2CCCCC2)nc1.Cl.Cl. The molecule has 1 amide bonds. The van der Waals surface area contributed by atoms with Crippen LogP contribution in [0.5, 0.6) is 0 Å². The van der Waals surface area contributed by atoms with E-state index in [1.165, 1.54) is 19.3 Å². The number of halogens is 2. The lowest BCUT2D eigenvalue weighted by Crippen LogP contribution is -2.30. The van der Waals surface area contributed by atoms with Crippen LogP contribution in [-0.4, -0.2) is 37.6 Å². The molecule has 0 aromatic carbocycles. The van der Waals surface area contributed by atoms with E-state index in [9.17, 15) is 4.79 Å². The number of nitrogens with one attached hydrogen (secondary N) is 2. The Bertz CT molecular complexity index is 394. The maximum absolute atomic E-state index is 11.4. The number of amides is 1. The predicted octanol–water partition coefficient (Wildman–Crippen LogP) is 2.07. The Morgan fingerprint density at radius 2 is 1.95 bits per heavy atom. The molecule has 0 atom stereocenters. The van der Waals surface area contributed by atoms with E-state index in [4.69, 9.17) is 0 Å². The average molecular weight is 321 g/mol. The Morgan fingerprint density at radius 3 is 2.50 bits per heavy atom. The molecular formula is C13H22Cl2N4O. The summed E-state index contributed by atoms with van der Waals surface area (Å²) >= 11 is 0. The molecule has 1 aliphatic rings. The number of piperidine rings is 1. The summed E-state index contributed by atoms with van der Waals surface area (Å²) in [7, 11) is 1.75. The molecule has 0 bridgehead atoms. The van der Waals surface area contributed by atoms with Crippen molar-refractivity contribution in [2.24, 2.45) is 0 Å². The Labute approximate surface area is 132 Å². The predicted molar refractivity (Wildman–Crippen MR) is 87.4 cm³/mol. The van der Waals surface area contributed by atoms with Crippen LogP contribution in [0, 0.1) is 0 Å². The molecule has 114 valence electrons. The third-order valence-electron chi connectivity index (χ3n) is 3.05. The summed E-state index contributed by atoms with van der Waals surface area (Å²) in [4.78, 5) is 18.1. The number of carbonyl (C=O) groups is 1. The molecule has 0 radical (unpaired) electrons. The van der Waals surface area contributed by atoms with Crippen LogP contribution in [0.4, 0.5) is 11.5 Å². The van der Waals surface area contributed by atoms with Crippen molar-refractivity contribution < 1.29 is 4.79 Å². The number of nitrogens with zero attached hydrogens (tertiary/aromatic N) is 2. The minimum Gasteiger partial charge on any atom is -0.357 e. The third-order valence-corrected chi connectivity index (χ3v) is 3.05. The highest BCUT2D eigenvalue weighted by Crippen LogP contribution is 2.18. The summed E-state index contributed by atoms with van der Waals surface area (Å²) in [5.41, 5.74) is 0.746. The smallest absolute Gasteiger partial charge is 0.238 e. The standard InChI is InChI=1S/C13H20N4O.2ClH/c1-14-10-13(18)16-11-5-6-12(15-9-11)17-7-3-2-4-8-17;;/h5-6,9,14H,2-4,7-8,10H2,1H3,(H,16,18);2*1H. The van der Waals surface area contributed by atoms with Gasteiger partial charge in [0.25, 0.3) is 0 Å². The molecule has 2 rings (SSSR count). The Hall–Kier alpha value is -1.04. The van der Waals surface area contributed by atoms with Crippen LogP contribution in [0.1, 0.15) is 19.3 Å². The second-order valence-electron chi connectivity index (χ2n) is 4.53. The number of anilines is 2. The Morgan fingerprint density at radius 1 is 1.25 bits per heavy atom. The minimum atomic E-state index is -0.0509. The van der Waals surface area contributed by atoms with Crippen LogP contribution in [0.15, 0.2) is 18.3 Å². The first-order valence-corrected chi connectivity index (χ1v) is 6.45.